The summed E-state index contributed by atoms with van der Waals surface area (Å²) >= 11 is 0. The fourth-order valence-corrected chi connectivity index (χ4v) is 0.970. The second kappa shape index (κ2) is 4.39. The average molecular weight is 183 g/mol. The minimum absolute atomic E-state index is 0.588. The van der Waals surface area contributed by atoms with Gasteiger partial charge in [-0.2, -0.15) is 0 Å². The molecule has 3 N–H and O–H groups in total. The first-order chi connectivity index (χ1) is 6.14. The first kappa shape index (κ1) is 10.2. The fraction of sp³-hybridized carbons (Fsp3) is 0.667. The lowest BCUT2D eigenvalue weighted by atomic mass is 10.0. The molecule has 1 rings (SSSR count). The molecule has 1 aromatic rings. The maximum absolute atomic E-state index is 9.66. The van der Waals surface area contributed by atoms with Crippen molar-refractivity contribution in [1.82, 2.24) is 15.3 Å². The second-order valence-corrected chi connectivity index (χ2v) is 3.49. The molecule has 0 bridgehead atoms. The predicted molar refractivity (Wildman–Crippen MR) is 51.2 cm³/mol. The molecule has 0 aromatic carbocycles. The van der Waals surface area contributed by atoms with Gasteiger partial charge in [-0.25, -0.2) is 4.98 Å². The molecule has 1 heterocycles. The zero-order valence-corrected chi connectivity index (χ0v) is 8.17. The molecule has 0 saturated heterocycles. The summed E-state index contributed by atoms with van der Waals surface area (Å²) in [6, 6.07) is 0. The summed E-state index contributed by atoms with van der Waals surface area (Å²) in [5, 5.41) is 12.8. The molecule has 0 radical (unpaired) electrons. The molecule has 13 heavy (non-hydrogen) atoms. The Morgan fingerprint density at radius 2 is 2.46 bits per heavy atom. The van der Waals surface area contributed by atoms with E-state index in [4.69, 9.17) is 0 Å². The zero-order valence-electron chi connectivity index (χ0n) is 8.17. The minimum atomic E-state index is -0.618. The van der Waals surface area contributed by atoms with Gasteiger partial charge in [-0.3, -0.25) is 0 Å². The zero-order chi connectivity index (χ0) is 9.73. The molecule has 0 saturated carbocycles. The van der Waals surface area contributed by atoms with E-state index in [1.54, 1.807) is 12.4 Å². The summed E-state index contributed by atoms with van der Waals surface area (Å²) in [6.07, 6.45) is 4.25. The van der Waals surface area contributed by atoms with E-state index in [-0.39, 0.29) is 0 Å². The molecule has 0 aliphatic carbocycles. The van der Waals surface area contributed by atoms with Gasteiger partial charge in [0.25, 0.3) is 0 Å². The highest BCUT2D eigenvalue weighted by molar-refractivity contribution is 4.86. The normalized spacial score (nSPS) is 15.6. The highest BCUT2D eigenvalue weighted by atomic mass is 16.3. The van der Waals surface area contributed by atoms with E-state index in [0.29, 0.717) is 13.1 Å². The van der Waals surface area contributed by atoms with E-state index in [2.05, 4.69) is 15.3 Å². The summed E-state index contributed by atoms with van der Waals surface area (Å²) < 4.78 is 0. The van der Waals surface area contributed by atoms with E-state index >= 15 is 0 Å². The highest BCUT2D eigenvalue weighted by Crippen LogP contribution is 2.05. The molecule has 0 amide bonds. The van der Waals surface area contributed by atoms with Crippen LogP contribution in [0.2, 0.25) is 0 Å². The van der Waals surface area contributed by atoms with Crippen molar-refractivity contribution in [2.45, 2.75) is 32.4 Å². The smallest absolute Gasteiger partial charge is 0.120 e. The van der Waals surface area contributed by atoms with Gasteiger partial charge in [-0.15, -0.1) is 0 Å². The quantitative estimate of drug-likeness (QED) is 0.628. The number of rotatable bonds is 5. The van der Waals surface area contributed by atoms with E-state index in [1.807, 2.05) is 13.8 Å². The molecule has 0 fully saturated rings. The molecule has 0 aliphatic rings. The third-order valence-corrected chi connectivity index (χ3v) is 2.11. The van der Waals surface area contributed by atoms with Gasteiger partial charge in [0.05, 0.1) is 12.1 Å². The monoisotopic (exact) mass is 183 g/mol. The van der Waals surface area contributed by atoms with Crippen molar-refractivity contribution < 1.29 is 5.11 Å². The number of nitrogens with one attached hydrogen (secondary N) is 2. The molecule has 1 unspecified atom stereocenters. The molecular formula is C9H17N3O. The van der Waals surface area contributed by atoms with Crippen molar-refractivity contribution in [3.8, 4) is 0 Å². The third-order valence-electron chi connectivity index (χ3n) is 2.11. The van der Waals surface area contributed by atoms with Gasteiger partial charge in [0, 0.05) is 18.9 Å². The SMILES string of the molecule is CCC(C)(O)CNCc1ncc[nH]1. The summed E-state index contributed by atoms with van der Waals surface area (Å²) in [4.78, 5) is 7.05. The Morgan fingerprint density at radius 1 is 1.69 bits per heavy atom. The van der Waals surface area contributed by atoms with Crippen LogP contribution in [-0.2, 0) is 6.54 Å². The number of H-pyrrole nitrogens is 1. The maximum Gasteiger partial charge on any atom is 0.120 e. The fourth-order valence-electron chi connectivity index (χ4n) is 0.970. The lowest BCUT2D eigenvalue weighted by Gasteiger charge is -2.21. The van der Waals surface area contributed by atoms with Crippen LogP contribution in [0.15, 0.2) is 12.4 Å². The van der Waals surface area contributed by atoms with Crippen LogP contribution in [-0.4, -0.2) is 27.2 Å². The van der Waals surface area contributed by atoms with Gasteiger partial charge in [0.15, 0.2) is 0 Å². The van der Waals surface area contributed by atoms with Crippen LogP contribution in [0.4, 0.5) is 0 Å². The molecule has 4 heteroatoms. The second-order valence-electron chi connectivity index (χ2n) is 3.49. The predicted octanol–water partition coefficient (Wildman–Crippen LogP) is 0.660. The number of nitrogens with zero attached hydrogens (tertiary/aromatic N) is 1. The standard InChI is InChI=1S/C9H17N3O/c1-3-9(2,13)7-10-6-8-11-4-5-12-8/h4-5,10,13H,3,6-7H2,1-2H3,(H,11,12). The van der Waals surface area contributed by atoms with Crippen molar-refractivity contribution in [3.63, 3.8) is 0 Å². The summed E-state index contributed by atoms with van der Waals surface area (Å²) in [5.74, 6) is 0.895. The van der Waals surface area contributed by atoms with Crippen molar-refractivity contribution in [1.29, 1.82) is 0 Å². The first-order valence-electron chi connectivity index (χ1n) is 4.55. The Hall–Kier alpha value is -0.870. The van der Waals surface area contributed by atoms with Gasteiger partial charge in [0.2, 0.25) is 0 Å². The highest BCUT2D eigenvalue weighted by Gasteiger charge is 2.16. The number of hydrogen-bond donors (Lipinski definition) is 3. The van der Waals surface area contributed by atoms with Crippen LogP contribution >= 0.6 is 0 Å². The Balaban J connectivity index is 2.21. The lowest BCUT2D eigenvalue weighted by Crippen LogP contribution is -2.36. The van der Waals surface area contributed by atoms with E-state index in [9.17, 15) is 5.11 Å². The molecule has 1 aromatic heterocycles. The summed E-state index contributed by atoms with van der Waals surface area (Å²) in [5.41, 5.74) is -0.618. The third kappa shape index (κ3) is 3.57. The van der Waals surface area contributed by atoms with Gasteiger partial charge in [-0.05, 0) is 13.3 Å². The van der Waals surface area contributed by atoms with Crippen LogP contribution in [0.3, 0.4) is 0 Å². The molecule has 0 spiro atoms. The van der Waals surface area contributed by atoms with Crippen molar-refractivity contribution in [2.75, 3.05) is 6.54 Å². The summed E-state index contributed by atoms with van der Waals surface area (Å²) in [6.45, 7) is 5.05. The number of aromatic nitrogens is 2. The van der Waals surface area contributed by atoms with Gasteiger partial charge >= 0.3 is 0 Å². The van der Waals surface area contributed by atoms with Gasteiger partial charge in [0.1, 0.15) is 5.82 Å². The van der Waals surface area contributed by atoms with E-state index < -0.39 is 5.60 Å². The summed E-state index contributed by atoms with van der Waals surface area (Å²) in [7, 11) is 0. The van der Waals surface area contributed by atoms with Crippen molar-refractivity contribution in [3.05, 3.63) is 18.2 Å². The van der Waals surface area contributed by atoms with Crippen molar-refractivity contribution >= 4 is 0 Å². The topological polar surface area (TPSA) is 60.9 Å². The Bertz CT molecular complexity index is 231. The number of aliphatic hydroxyl groups is 1. The Morgan fingerprint density at radius 3 is 3.00 bits per heavy atom. The van der Waals surface area contributed by atoms with Crippen LogP contribution < -0.4 is 5.32 Å². The van der Waals surface area contributed by atoms with Gasteiger partial charge < -0.3 is 15.4 Å². The van der Waals surface area contributed by atoms with Crippen LogP contribution in [0, 0.1) is 0 Å². The molecule has 74 valence electrons. The molecule has 0 aliphatic heterocycles. The lowest BCUT2D eigenvalue weighted by molar-refractivity contribution is 0.0554. The number of aromatic amines is 1. The van der Waals surface area contributed by atoms with Crippen LogP contribution in [0.1, 0.15) is 26.1 Å². The van der Waals surface area contributed by atoms with E-state index in [0.717, 1.165) is 12.2 Å². The maximum atomic E-state index is 9.66. The minimum Gasteiger partial charge on any atom is -0.389 e. The molecule has 4 nitrogen and oxygen atoms in total. The van der Waals surface area contributed by atoms with Crippen LogP contribution in [0.25, 0.3) is 0 Å². The first-order valence-corrected chi connectivity index (χ1v) is 4.55. The van der Waals surface area contributed by atoms with E-state index in [1.165, 1.54) is 0 Å². The Labute approximate surface area is 78.4 Å². The average Bonchev–Trinajstić information content (AvgIpc) is 2.57. The van der Waals surface area contributed by atoms with Crippen LogP contribution in [0.5, 0.6) is 0 Å². The molecule has 1 atom stereocenters. The number of imidazole rings is 1. The number of hydrogen-bond acceptors (Lipinski definition) is 3. The molecular weight excluding hydrogens is 166 g/mol. The Kier molecular flexibility index (Phi) is 3.45. The van der Waals surface area contributed by atoms with Gasteiger partial charge in [-0.1, -0.05) is 6.92 Å². The van der Waals surface area contributed by atoms with Crippen molar-refractivity contribution in [2.24, 2.45) is 0 Å². The largest absolute Gasteiger partial charge is 0.389 e.